The summed E-state index contributed by atoms with van der Waals surface area (Å²) in [4.78, 5) is 53.0. The van der Waals surface area contributed by atoms with Crippen LogP contribution in [0.3, 0.4) is 0 Å². The second kappa shape index (κ2) is 17.1. The number of amides is 3. The number of ketones is 1. The van der Waals surface area contributed by atoms with E-state index in [1.807, 2.05) is 10.6 Å². The molecule has 4 atom stereocenters. The largest absolute Gasteiger partial charge is 0.497 e. The lowest BCUT2D eigenvalue weighted by Gasteiger charge is -2.28. The van der Waals surface area contributed by atoms with Gasteiger partial charge in [-0.25, -0.2) is 0 Å². The Labute approximate surface area is 297 Å². The number of benzene rings is 3. The predicted octanol–water partition coefficient (Wildman–Crippen LogP) is 5.68. The fourth-order valence-electron chi connectivity index (χ4n) is 5.18. The molecule has 0 aromatic heterocycles. The summed E-state index contributed by atoms with van der Waals surface area (Å²) in [5, 5.41) is 6.16. The molecule has 1 unspecified atom stereocenters. The van der Waals surface area contributed by atoms with E-state index < -0.39 is 89.5 Å². The normalized spacial score (nSPS) is 14.5. The highest BCUT2D eigenvalue weighted by Gasteiger charge is 2.48. The van der Waals surface area contributed by atoms with Gasteiger partial charge in [-0.3, -0.25) is 19.2 Å². The SMILES string of the molecule is COc1ccc([C@H](NC(=O)[C@H](Cc2ccc(CN)cc2)NC(=O)C(c2cccc(C(F)(F)F)c2)C(F)(F)F)C(=O)N[C@H](C(=O)C(F)(F)F)C(C)C)cc1. The van der Waals surface area contributed by atoms with Crippen molar-refractivity contribution >= 4 is 23.5 Å². The molecule has 9 nitrogen and oxygen atoms in total. The van der Waals surface area contributed by atoms with Crippen molar-refractivity contribution < 1.29 is 63.4 Å². The smallest absolute Gasteiger partial charge is 0.452 e. The number of carbonyl (C=O) groups excluding carboxylic acids is 4. The van der Waals surface area contributed by atoms with E-state index in [0.717, 1.165) is 0 Å². The van der Waals surface area contributed by atoms with Crippen LogP contribution in [-0.4, -0.2) is 55.1 Å². The van der Waals surface area contributed by atoms with Gasteiger partial charge in [-0.2, -0.15) is 39.5 Å². The van der Waals surface area contributed by atoms with Gasteiger partial charge < -0.3 is 26.4 Å². The van der Waals surface area contributed by atoms with Crippen LogP contribution in [0.25, 0.3) is 0 Å². The Morgan fingerprint density at radius 2 is 1.30 bits per heavy atom. The first-order valence-electron chi connectivity index (χ1n) is 15.7. The maximum atomic E-state index is 14.4. The molecule has 0 spiro atoms. The van der Waals surface area contributed by atoms with Crippen molar-refractivity contribution in [3.05, 3.63) is 101 Å². The summed E-state index contributed by atoms with van der Waals surface area (Å²) in [6.45, 7) is 2.54. The Morgan fingerprint density at radius 3 is 1.79 bits per heavy atom. The minimum absolute atomic E-state index is 0.0758. The molecule has 3 aromatic carbocycles. The number of alkyl halides is 9. The minimum atomic E-state index is -5.46. The fourth-order valence-corrected chi connectivity index (χ4v) is 5.18. The van der Waals surface area contributed by atoms with E-state index in [4.69, 9.17) is 10.5 Å². The Balaban J connectivity index is 2.07. The van der Waals surface area contributed by atoms with Gasteiger partial charge >= 0.3 is 18.5 Å². The second-order valence-corrected chi connectivity index (χ2v) is 12.2. The average molecular weight is 763 g/mol. The van der Waals surface area contributed by atoms with Crippen molar-refractivity contribution in [3.8, 4) is 5.75 Å². The highest BCUT2D eigenvalue weighted by Crippen LogP contribution is 2.38. The zero-order valence-corrected chi connectivity index (χ0v) is 28.2. The number of nitrogens with two attached hydrogens (primary N) is 1. The van der Waals surface area contributed by atoms with E-state index >= 15 is 0 Å². The summed E-state index contributed by atoms with van der Waals surface area (Å²) in [5.74, 6) is -10.9. The molecule has 0 radical (unpaired) electrons. The van der Waals surface area contributed by atoms with E-state index in [1.54, 1.807) is 0 Å². The third kappa shape index (κ3) is 11.4. The van der Waals surface area contributed by atoms with Crippen LogP contribution in [0.4, 0.5) is 39.5 Å². The van der Waals surface area contributed by atoms with Crippen LogP contribution in [0.1, 0.15) is 53.6 Å². The van der Waals surface area contributed by atoms with E-state index in [-0.39, 0.29) is 29.5 Å². The molecule has 0 aliphatic carbocycles. The number of hydrogen-bond donors (Lipinski definition) is 4. The van der Waals surface area contributed by atoms with Crippen molar-refractivity contribution in [1.29, 1.82) is 0 Å². The molecule has 0 heterocycles. The van der Waals surface area contributed by atoms with Gasteiger partial charge in [-0.1, -0.05) is 68.4 Å². The number of halogens is 9. The molecular weight excluding hydrogens is 727 g/mol. The molecule has 18 heteroatoms. The first kappa shape index (κ1) is 42.3. The lowest BCUT2D eigenvalue weighted by atomic mass is 9.94. The van der Waals surface area contributed by atoms with Crippen LogP contribution >= 0.6 is 0 Å². The molecule has 5 N–H and O–H groups in total. The van der Waals surface area contributed by atoms with E-state index in [0.29, 0.717) is 23.8 Å². The summed E-state index contributed by atoms with van der Waals surface area (Å²) in [6, 6.07) is 7.08. The topological polar surface area (TPSA) is 140 Å². The lowest BCUT2D eigenvalue weighted by Crippen LogP contribution is -2.55. The number of Topliss-reactive ketones (excluding diaryl/α,β-unsaturated/α-hetero) is 1. The standard InChI is InChI=1S/C35H35F9N4O5/c1-18(2)27(29(49)35(42,43)44)47-32(52)28(21-11-13-24(53-3)14-12-21)48-30(50)25(15-19-7-9-20(17-45)10-8-19)46-31(51)26(34(39,40)41)22-5-4-6-23(16-22)33(36,37)38/h4-14,16,18,25-28H,15,17,45H2,1-3H3,(H,46,51)(H,47,52)(H,48,50)/t25-,26?,27-,28-/m0/s1. The molecule has 0 aliphatic heterocycles. The van der Waals surface area contributed by atoms with Crippen LogP contribution in [-0.2, 0) is 38.3 Å². The quantitative estimate of drug-likeness (QED) is 0.156. The summed E-state index contributed by atoms with van der Waals surface area (Å²) >= 11 is 0. The molecule has 0 aliphatic rings. The summed E-state index contributed by atoms with van der Waals surface area (Å²) in [6.07, 6.45) is -16.4. The number of rotatable bonds is 14. The average Bonchev–Trinajstić information content (AvgIpc) is 3.07. The van der Waals surface area contributed by atoms with Crippen molar-refractivity contribution in [2.75, 3.05) is 7.11 Å². The van der Waals surface area contributed by atoms with Gasteiger partial charge in [-0.05, 0) is 46.4 Å². The van der Waals surface area contributed by atoms with Crippen molar-refractivity contribution in [3.63, 3.8) is 0 Å². The van der Waals surface area contributed by atoms with Crippen molar-refractivity contribution in [2.24, 2.45) is 11.7 Å². The Hall–Kier alpha value is -5.13. The summed E-state index contributed by atoms with van der Waals surface area (Å²) in [5.41, 5.74) is 3.85. The van der Waals surface area contributed by atoms with E-state index in [9.17, 15) is 58.7 Å². The molecule has 288 valence electrons. The number of methoxy groups -OCH3 is 1. The van der Waals surface area contributed by atoms with E-state index in [2.05, 4.69) is 5.32 Å². The Morgan fingerprint density at radius 1 is 0.717 bits per heavy atom. The van der Waals surface area contributed by atoms with Crippen LogP contribution in [0, 0.1) is 5.92 Å². The zero-order chi connectivity index (χ0) is 39.9. The number of ether oxygens (including phenoxy) is 1. The van der Waals surface area contributed by atoms with Crippen LogP contribution in [0.15, 0.2) is 72.8 Å². The van der Waals surface area contributed by atoms with Gasteiger partial charge in [0.25, 0.3) is 5.78 Å². The van der Waals surface area contributed by atoms with Gasteiger partial charge in [0.2, 0.25) is 17.7 Å². The molecular formula is C35H35F9N4O5. The third-order valence-corrected chi connectivity index (χ3v) is 7.99. The number of hydrogen-bond acceptors (Lipinski definition) is 6. The highest BCUT2D eigenvalue weighted by molar-refractivity contribution is 5.97. The molecule has 3 amide bonds. The molecule has 0 saturated heterocycles. The second-order valence-electron chi connectivity index (χ2n) is 12.2. The van der Waals surface area contributed by atoms with Gasteiger partial charge in [0.05, 0.1) is 18.7 Å². The van der Waals surface area contributed by atoms with Gasteiger partial charge in [-0.15, -0.1) is 0 Å². The molecule has 3 aromatic rings. The van der Waals surface area contributed by atoms with Crippen LogP contribution in [0.2, 0.25) is 0 Å². The zero-order valence-electron chi connectivity index (χ0n) is 28.2. The van der Waals surface area contributed by atoms with Gasteiger partial charge in [0.1, 0.15) is 17.8 Å². The maximum Gasteiger partial charge on any atom is 0.452 e. The minimum Gasteiger partial charge on any atom is -0.497 e. The monoisotopic (exact) mass is 762 g/mol. The number of nitrogens with one attached hydrogen (secondary N) is 3. The summed E-state index contributed by atoms with van der Waals surface area (Å²) < 4.78 is 128. The predicted molar refractivity (Wildman–Crippen MR) is 172 cm³/mol. The van der Waals surface area contributed by atoms with E-state index in [1.165, 1.54) is 69.5 Å². The van der Waals surface area contributed by atoms with Crippen LogP contribution in [0.5, 0.6) is 5.75 Å². The molecule has 0 fully saturated rings. The van der Waals surface area contributed by atoms with Gasteiger partial charge in [0, 0.05) is 13.0 Å². The highest BCUT2D eigenvalue weighted by atomic mass is 19.4. The maximum absolute atomic E-state index is 14.4. The molecule has 3 rings (SSSR count). The van der Waals surface area contributed by atoms with Crippen molar-refractivity contribution in [1.82, 2.24) is 16.0 Å². The fraction of sp³-hybridized carbons (Fsp3) is 0.371. The Kier molecular flexibility index (Phi) is 13.7. The first-order valence-corrected chi connectivity index (χ1v) is 15.7. The van der Waals surface area contributed by atoms with Crippen LogP contribution < -0.4 is 26.4 Å². The first-order chi connectivity index (χ1) is 24.6. The Bertz CT molecular complexity index is 1740. The van der Waals surface area contributed by atoms with Gasteiger partial charge in [0.15, 0.2) is 5.92 Å². The summed E-state index contributed by atoms with van der Waals surface area (Å²) in [7, 11) is 1.30. The molecule has 0 bridgehead atoms. The molecule has 0 saturated carbocycles. The molecule has 53 heavy (non-hydrogen) atoms. The lowest BCUT2D eigenvalue weighted by molar-refractivity contribution is -0.175. The third-order valence-electron chi connectivity index (χ3n) is 7.99. The number of carbonyl (C=O) groups is 4. The van der Waals surface area contributed by atoms with Crippen molar-refractivity contribution in [2.45, 2.75) is 69.4 Å².